The highest BCUT2D eigenvalue weighted by Crippen LogP contribution is 2.24. The maximum atomic E-state index is 12.5. The molecular weight excluding hydrogens is 292 g/mol. The van der Waals surface area contributed by atoms with Crippen LogP contribution in [0.15, 0.2) is 42.0 Å². The Labute approximate surface area is 137 Å². The van der Waals surface area contributed by atoms with Gasteiger partial charge in [0.2, 0.25) is 5.91 Å². The number of amides is 1. The zero-order valence-electron chi connectivity index (χ0n) is 13.5. The number of benzene rings is 1. The maximum absolute atomic E-state index is 12.5. The van der Waals surface area contributed by atoms with E-state index < -0.39 is 0 Å². The first-order valence-electron chi connectivity index (χ1n) is 7.98. The molecule has 1 heterocycles. The van der Waals surface area contributed by atoms with E-state index in [0.717, 1.165) is 25.3 Å². The molecule has 0 aliphatic carbocycles. The van der Waals surface area contributed by atoms with Gasteiger partial charge in [-0.3, -0.25) is 4.79 Å². The van der Waals surface area contributed by atoms with Crippen LogP contribution in [0.3, 0.4) is 0 Å². The van der Waals surface area contributed by atoms with Crippen molar-refractivity contribution in [1.29, 1.82) is 0 Å². The number of carbonyl (C=O) groups excluding carboxylic acids is 1. The largest absolute Gasteiger partial charge is 0.351 e. The highest BCUT2D eigenvalue weighted by atomic mass is 32.2. The third-order valence-electron chi connectivity index (χ3n) is 3.78. The predicted molar refractivity (Wildman–Crippen MR) is 94.9 cm³/mol. The number of hydrogen-bond donors (Lipinski definition) is 2. The average Bonchev–Trinajstić information content (AvgIpc) is 2.55. The summed E-state index contributed by atoms with van der Waals surface area (Å²) in [5.74, 6) is 1.37. The van der Waals surface area contributed by atoms with Crippen LogP contribution in [0.5, 0.6) is 0 Å². The summed E-state index contributed by atoms with van der Waals surface area (Å²) in [5.41, 5.74) is 2.61. The van der Waals surface area contributed by atoms with Crippen molar-refractivity contribution >= 4 is 17.7 Å². The van der Waals surface area contributed by atoms with Crippen LogP contribution < -0.4 is 10.6 Å². The summed E-state index contributed by atoms with van der Waals surface area (Å²) in [6.45, 7) is 6.85. The fraction of sp³-hybridized carbons (Fsp3) is 0.500. The lowest BCUT2D eigenvalue weighted by Crippen LogP contribution is -2.37. The average molecular weight is 318 g/mol. The van der Waals surface area contributed by atoms with Crippen LogP contribution >= 0.6 is 11.8 Å². The molecule has 1 unspecified atom stereocenters. The molecule has 0 radical (unpaired) electrons. The van der Waals surface area contributed by atoms with Crippen LogP contribution in [0.1, 0.15) is 25.8 Å². The van der Waals surface area contributed by atoms with E-state index in [1.54, 1.807) is 11.8 Å². The van der Waals surface area contributed by atoms with Gasteiger partial charge in [-0.25, -0.2) is 0 Å². The van der Waals surface area contributed by atoms with E-state index in [-0.39, 0.29) is 11.2 Å². The quantitative estimate of drug-likeness (QED) is 0.760. The van der Waals surface area contributed by atoms with Crippen LogP contribution in [0.2, 0.25) is 0 Å². The SMILES string of the molecule is CC(C)C(SCc1ccccc1)C(=O)NCC1=CCNCC1. The monoisotopic (exact) mass is 318 g/mol. The van der Waals surface area contributed by atoms with E-state index in [4.69, 9.17) is 0 Å². The summed E-state index contributed by atoms with van der Waals surface area (Å²) in [6, 6.07) is 10.3. The van der Waals surface area contributed by atoms with Gasteiger partial charge < -0.3 is 10.6 Å². The first-order chi connectivity index (χ1) is 10.7. The Morgan fingerprint density at radius 3 is 2.73 bits per heavy atom. The van der Waals surface area contributed by atoms with E-state index in [1.807, 2.05) is 18.2 Å². The van der Waals surface area contributed by atoms with Crippen LogP contribution in [-0.4, -0.2) is 30.8 Å². The molecule has 120 valence electrons. The normalized spacial score (nSPS) is 16.2. The van der Waals surface area contributed by atoms with Crippen molar-refractivity contribution < 1.29 is 4.79 Å². The van der Waals surface area contributed by atoms with Crippen molar-refractivity contribution in [2.75, 3.05) is 19.6 Å². The highest BCUT2D eigenvalue weighted by Gasteiger charge is 2.22. The minimum atomic E-state index is 0.00233. The third kappa shape index (κ3) is 5.50. The molecule has 2 rings (SSSR count). The van der Waals surface area contributed by atoms with Crippen LogP contribution in [0.25, 0.3) is 0 Å². The second-order valence-electron chi connectivity index (χ2n) is 6.00. The summed E-state index contributed by atoms with van der Waals surface area (Å²) in [6.07, 6.45) is 3.22. The lowest BCUT2D eigenvalue weighted by molar-refractivity contribution is -0.121. The Kier molecular flexibility index (Phi) is 7.00. The first-order valence-corrected chi connectivity index (χ1v) is 9.03. The van der Waals surface area contributed by atoms with Crippen LogP contribution in [0.4, 0.5) is 0 Å². The number of thioether (sulfide) groups is 1. The molecule has 22 heavy (non-hydrogen) atoms. The van der Waals surface area contributed by atoms with Gasteiger partial charge in [0.15, 0.2) is 0 Å². The van der Waals surface area contributed by atoms with Gasteiger partial charge in [-0.15, -0.1) is 11.8 Å². The molecular formula is C18H26N2OS. The Bertz CT molecular complexity index is 499. The molecule has 1 amide bonds. The van der Waals surface area contributed by atoms with Crippen molar-refractivity contribution in [3.8, 4) is 0 Å². The fourth-order valence-electron chi connectivity index (χ4n) is 2.46. The van der Waals surface area contributed by atoms with E-state index in [2.05, 4.69) is 42.7 Å². The molecule has 1 aliphatic rings. The number of rotatable bonds is 7. The second-order valence-corrected chi connectivity index (χ2v) is 7.13. The second kappa shape index (κ2) is 9.01. The van der Waals surface area contributed by atoms with Gasteiger partial charge in [0.25, 0.3) is 0 Å². The third-order valence-corrected chi connectivity index (χ3v) is 5.40. The van der Waals surface area contributed by atoms with Crippen molar-refractivity contribution in [3.63, 3.8) is 0 Å². The van der Waals surface area contributed by atoms with Crippen molar-refractivity contribution in [2.24, 2.45) is 5.92 Å². The van der Waals surface area contributed by atoms with E-state index in [1.165, 1.54) is 11.1 Å². The number of hydrogen-bond acceptors (Lipinski definition) is 3. The topological polar surface area (TPSA) is 41.1 Å². The van der Waals surface area contributed by atoms with Crippen LogP contribution in [0, 0.1) is 5.92 Å². The molecule has 0 spiro atoms. The summed E-state index contributed by atoms with van der Waals surface area (Å²) in [7, 11) is 0. The van der Waals surface area contributed by atoms with Gasteiger partial charge in [0, 0.05) is 18.8 Å². The number of carbonyl (C=O) groups is 1. The summed E-state index contributed by atoms with van der Waals surface area (Å²) in [5, 5.41) is 6.41. The van der Waals surface area contributed by atoms with E-state index >= 15 is 0 Å². The fourth-order valence-corrected chi connectivity index (χ4v) is 3.65. The van der Waals surface area contributed by atoms with Gasteiger partial charge in [0.1, 0.15) is 0 Å². The Morgan fingerprint density at radius 2 is 2.09 bits per heavy atom. The Morgan fingerprint density at radius 1 is 1.32 bits per heavy atom. The Hall–Kier alpha value is -1.26. The van der Waals surface area contributed by atoms with Gasteiger partial charge in [-0.1, -0.05) is 55.8 Å². The van der Waals surface area contributed by atoms with Crippen LogP contribution in [-0.2, 0) is 10.5 Å². The van der Waals surface area contributed by atoms with Gasteiger partial charge >= 0.3 is 0 Å². The molecule has 1 atom stereocenters. The van der Waals surface area contributed by atoms with Gasteiger partial charge in [-0.2, -0.15) is 0 Å². The molecule has 0 saturated heterocycles. The summed E-state index contributed by atoms with van der Waals surface area (Å²) in [4.78, 5) is 12.5. The van der Waals surface area contributed by atoms with Crippen molar-refractivity contribution in [3.05, 3.63) is 47.5 Å². The standard InChI is InChI=1S/C18H26N2OS/c1-14(2)17(22-13-16-6-4-3-5-7-16)18(21)20-12-15-8-10-19-11-9-15/h3-8,14,17,19H,9-13H2,1-2H3,(H,20,21). The lowest BCUT2D eigenvalue weighted by Gasteiger charge is -2.21. The zero-order chi connectivity index (χ0) is 15.8. The maximum Gasteiger partial charge on any atom is 0.233 e. The van der Waals surface area contributed by atoms with E-state index in [0.29, 0.717) is 12.5 Å². The first kappa shape index (κ1) is 17.1. The van der Waals surface area contributed by atoms with Crippen molar-refractivity contribution in [1.82, 2.24) is 10.6 Å². The molecule has 0 saturated carbocycles. The molecule has 1 aromatic carbocycles. The van der Waals surface area contributed by atoms with Gasteiger partial charge in [0.05, 0.1) is 5.25 Å². The minimum absolute atomic E-state index is 0.00233. The van der Waals surface area contributed by atoms with Crippen molar-refractivity contribution in [2.45, 2.75) is 31.3 Å². The zero-order valence-corrected chi connectivity index (χ0v) is 14.3. The number of nitrogens with one attached hydrogen (secondary N) is 2. The highest BCUT2D eigenvalue weighted by molar-refractivity contribution is 7.99. The molecule has 3 nitrogen and oxygen atoms in total. The smallest absolute Gasteiger partial charge is 0.233 e. The summed E-state index contributed by atoms with van der Waals surface area (Å²) >= 11 is 1.73. The molecule has 0 bridgehead atoms. The van der Waals surface area contributed by atoms with E-state index in [9.17, 15) is 4.79 Å². The summed E-state index contributed by atoms with van der Waals surface area (Å²) < 4.78 is 0. The molecule has 1 aliphatic heterocycles. The predicted octanol–water partition coefficient (Wildman–Crippen LogP) is 2.98. The van der Waals surface area contributed by atoms with Gasteiger partial charge in [-0.05, 0) is 24.4 Å². The molecule has 0 aromatic heterocycles. The lowest BCUT2D eigenvalue weighted by atomic mass is 10.1. The minimum Gasteiger partial charge on any atom is -0.351 e. The molecule has 4 heteroatoms. The molecule has 1 aromatic rings. The molecule has 0 fully saturated rings. The Balaban J connectivity index is 1.84. The molecule has 2 N–H and O–H groups in total.